The van der Waals surface area contributed by atoms with Gasteiger partial charge in [0.15, 0.2) is 0 Å². The zero-order valence-electron chi connectivity index (χ0n) is 16.7. The van der Waals surface area contributed by atoms with Crippen molar-refractivity contribution in [2.75, 3.05) is 18.0 Å². The second-order valence-corrected chi connectivity index (χ2v) is 9.38. The maximum absolute atomic E-state index is 13.5. The molecule has 2 aromatic carbocycles. The van der Waals surface area contributed by atoms with Gasteiger partial charge >= 0.3 is 0 Å². The number of carbonyl (C=O) groups is 2. The summed E-state index contributed by atoms with van der Waals surface area (Å²) in [6, 6.07) is 12.9. The van der Waals surface area contributed by atoms with E-state index >= 15 is 0 Å². The van der Waals surface area contributed by atoms with E-state index in [-0.39, 0.29) is 16.8 Å². The molecule has 2 aromatic rings. The number of benzene rings is 2. The smallest absolute Gasteiger partial charge is 0.283 e. The number of thioether (sulfide) groups is 1. The minimum absolute atomic E-state index is 0.206. The van der Waals surface area contributed by atoms with E-state index in [0.29, 0.717) is 21.3 Å². The monoisotopic (exact) mass is 460 g/mol. The number of rotatable bonds is 4. The molecule has 1 fully saturated rings. The largest absolute Gasteiger partial charge is 0.366 e. The van der Waals surface area contributed by atoms with Crippen LogP contribution in [0, 0.1) is 6.92 Å². The van der Waals surface area contributed by atoms with Gasteiger partial charge < -0.3 is 4.90 Å². The number of nitrogens with zero attached hydrogens (tertiary/aromatic N) is 2. The van der Waals surface area contributed by atoms with Gasteiger partial charge in [-0.3, -0.25) is 9.59 Å². The molecule has 4 rings (SSSR count). The van der Waals surface area contributed by atoms with E-state index in [0.717, 1.165) is 49.2 Å². The molecule has 0 saturated carbocycles. The van der Waals surface area contributed by atoms with Crippen LogP contribution in [0.3, 0.4) is 0 Å². The summed E-state index contributed by atoms with van der Waals surface area (Å²) in [5.74, 6) is -0.685. The average Bonchev–Trinajstić information content (AvgIpc) is 2.91. The molecule has 0 atom stereocenters. The number of amides is 2. The Labute approximate surface area is 190 Å². The Morgan fingerprint density at radius 1 is 0.867 bits per heavy atom. The summed E-state index contributed by atoms with van der Waals surface area (Å²) in [4.78, 5) is 31.6. The van der Waals surface area contributed by atoms with Gasteiger partial charge in [0.05, 0.1) is 15.7 Å². The summed E-state index contributed by atoms with van der Waals surface area (Å²) in [5, 5.41) is 0.517. The van der Waals surface area contributed by atoms with E-state index in [1.807, 2.05) is 31.2 Å². The van der Waals surface area contributed by atoms with Gasteiger partial charge in [0.25, 0.3) is 11.8 Å². The molecule has 2 heterocycles. The highest BCUT2D eigenvalue weighted by atomic mass is 35.5. The Kier molecular flexibility index (Phi) is 6.42. The maximum Gasteiger partial charge on any atom is 0.283 e. The van der Waals surface area contributed by atoms with E-state index in [4.69, 9.17) is 23.2 Å². The second-order valence-electron chi connectivity index (χ2n) is 7.51. The first-order chi connectivity index (χ1) is 14.5. The van der Waals surface area contributed by atoms with Crippen LogP contribution in [-0.4, -0.2) is 29.8 Å². The van der Waals surface area contributed by atoms with Crippen LogP contribution in [-0.2, 0) is 9.59 Å². The Morgan fingerprint density at radius 3 is 2.20 bits per heavy atom. The fourth-order valence-electron chi connectivity index (χ4n) is 3.77. The van der Waals surface area contributed by atoms with Gasteiger partial charge in [-0.25, -0.2) is 4.90 Å². The van der Waals surface area contributed by atoms with Crippen molar-refractivity contribution in [2.24, 2.45) is 0 Å². The van der Waals surface area contributed by atoms with Crippen LogP contribution in [0.25, 0.3) is 0 Å². The first-order valence-electron chi connectivity index (χ1n) is 10.0. The zero-order chi connectivity index (χ0) is 21.3. The van der Waals surface area contributed by atoms with Crippen molar-refractivity contribution in [1.82, 2.24) is 4.90 Å². The van der Waals surface area contributed by atoms with Crippen molar-refractivity contribution in [2.45, 2.75) is 37.5 Å². The van der Waals surface area contributed by atoms with Crippen molar-refractivity contribution in [3.05, 3.63) is 68.7 Å². The van der Waals surface area contributed by atoms with Gasteiger partial charge in [0.1, 0.15) is 10.6 Å². The highest BCUT2D eigenvalue weighted by molar-refractivity contribution is 8.04. The molecule has 2 amide bonds. The summed E-state index contributed by atoms with van der Waals surface area (Å²) in [7, 11) is 0. The highest BCUT2D eigenvalue weighted by Gasteiger charge is 2.43. The van der Waals surface area contributed by atoms with E-state index in [2.05, 4.69) is 4.90 Å². The molecule has 0 spiro atoms. The Hall–Kier alpha value is -1.95. The van der Waals surface area contributed by atoms with E-state index in [1.165, 1.54) is 16.7 Å². The number of aryl methyl sites for hydroxylation is 1. The number of hydrogen-bond donors (Lipinski definition) is 0. The number of likely N-dealkylation sites (tertiary alicyclic amines) is 1. The Bertz CT molecular complexity index is 1010. The molecule has 0 N–H and O–H groups in total. The number of carbonyl (C=O) groups excluding carboxylic acids is 2. The lowest BCUT2D eigenvalue weighted by Crippen LogP contribution is -2.35. The summed E-state index contributed by atoms with van der Waals surface area (Å²) in [6.45, 7) is 3.55. The van der Waals surface area contributed by atoms with E-state index < -0.39 is 0 Å². The first-order valence-corrected chi connectivity index (χ1v) is 11.6. The summed E-state index contributed by atoms with van der Waals surface area (Å²) < 4.78 is 0. The van der Waals surface area contributed by atoms with Crippen LogP contribution in [0.15, 0.2) is 58.0 Å². The van der Waals surface area contributed by atoms with Gasteiger partial charge in [-0.15, -0.1) is 0 Å². The lowest BCUT2D eigenvalue weighted by Gasteiger charge is -2.24. The molecule has 1 saturated heterocycles. The minimum Gasteiger partial charge on any atom is -0.366 e. The van der Waals surface area contributed by atoms with Gasteiger partial charge in [-0.1, -0.05) is 71.6 Å². The predicted octanol–water partition coefficient (Wildman–Crippen LogP) is 6.05. The SMILES string of the molecule is Cc1ccc(SC2=C(N3CCCCCC3)C(=O)N(c3cccc(Cl)c3Cl)C2=O)cc1. The number of imide groups is 1. The van der Waals surface area contributed by atoms with Gasteiger partial charge in [0.2, 0.25) is 0 Å². The molecule has 0 unspecified atom stereocenters. The number of anilines is 1. The quantitative estimate of drug-likeness (QED) is 0.520. The molecule has 0 radical (unpaired) electrons. The molecule has 2 aliphatic heterocycles. The number of halogens is 2. The molecule has 30 heavy (non-hydrogen) atoms. The van der Waals surface area contributed by atoms with Gasteiger partial charge in [0, 0.05) is 18.0 Å². The molecule has 4 nitrogen and oxygen atoms in total. The van der Waals surface area contributed by atoms with Gasteiger partial charge in [-0.05, 0) is 44.0 Å². The molecule has 156 valence electrons. The molecule has 0 aliphatic carbocycles. The normalized spacial score (nSPS) is 17.7. The van der Waals surface area contributed by atoms with Crippen LogP contribution >= 0.6 is 35.0 Å². The molecule has 0 bridgehead atoms. The van der Waals surface area contributed by atoms with Crippen molar-refractivity contribution < 1.29 is 9.59 Å². The van der Waals surface area contributed by atoms with E-state index in [9.17, 15) is 9.59 Å². The first kappa shape index (κ1) is 21.3. The van der Waals surface area contributed by atoms with Crippen LogP contribution in [0.4, 0.5) is 5.69 Å². The minimum atomic E-state index is -0.353. The van der Waals surface area contributed by atoms with Crippen molar-refractivity contribution in [3.63, 3.8) is 0 Å². The Morgan fingerprint density at radius 2 is 1.53 bits per heavy atom. The lowest BCUT2D eigenvalue weighted by atomic mass is 10.2. The molecule has 7 heteroatoms. The van der Waals surface area contributed by atoms with Crippen molar-refractivity contribution >= 4 is 52.5 Å². The maximum atomic E-state index is 13.5. The lowest BCUT2D eigenvalue weighted by molar-refractivity contribution is -0.121. The van der Waals surface area contributed by atoms with Crippen LogP contribution in [0.5, 0.6) is 0 Å². The highest BCUT2D eigenvalue weighted by Crippen LogP contribution is 2.42. The Balaban J connectivity index is 1.77. The van der Waals surface area contributed by atoms with E-state index in [1.54, 1.807) is 18.2 Å². The summed E-state index contributed by atoms with van der Waals surface area (Å²) >= 11 is 13.9. The zero-order valence-corrected chi connectivity index (χ0v) is 19.0. The van der Waals surface area contributed by atoms with Gasteiger partial charge in [-0.2, -0.15) is 0 Å². The average molecular weight is 461 g/mol. The summed E-state index contributed by atoms with van der Waals surface area (Å²) in [6.07, 6.45) is 4.28. The second kappa shape index (κ2) is 9.04. The number of hydrogen-bond acceptors (Lipinski definition) is 4. The predicted molar refractivity (Wildman–Crippen MR) is 123 cm³/mol. The topological polar surface area (TPSA) is 40.6 Å². The fraction of sp³-hybridized carbons (Fsp3) is 0.304. The van der Waals surface area contributed by atoms with Crippen LogP contribution in [0.1, 0.15) is 31.2 Å². The van der Waals surface area contributed by atoms with Crippen molar-refractivity contribution in [3.8, 4) is 0 Å². The summed E-state index contributed by atoms with van der Waals surface area (Å²) in [5.41, 5.74) is 1.94. The molecular formula is C23H22Cl2N2O2S. The van der Waals surface area contributed by atoms with Crippen LogP contribution in [0.2, 0.25) is 10.0 Å². The third kappa shape index (κ3) is 4.11. The standard InChI is InChI=1S/C23H22Cl2N2O2S/c1-15-9-11-16(12-10-15)30-21-20(26-13-4-2-3-5-14-26)22(28)27(23(21)29)18-8-6-7-17(24)19(18)25/h6-12H,2-5,13-14H2,1H3. The van der Waals surface area contributed by atoms with Crippen molar-refractivity contribution in [1.29, 1.82) is 0 Å². The fourth-order valence-corrected chi connectivity index (χ4v) is 5.15. The molecule has 0 aromatic heterocycles. The molecule has 2 aliphatic rings. The van der Waals surface area contributed by atoms with Crippen LogP contribution < -0.4 is 4.90 Å². The third-order valence-corrected chi connectivity index (χ3v) is 7.24. The third-order valence-electron chi connectivity index (χ3n) is 5.35. The molecular weight excluding hydrogens is 439 g/mol.